The first kappa shape index (κ1) is 13.4. The lowest BCUT2D eigenvalue weighted by Gasteiger charge is -2.34. The van der Waals surface area contributed by atoms with Crippen LogP contribution >= 0.6 is 0 Å². The van der Waals surface area contributed by atoms with Gasteiger partial charge in [-0.05, 0) is 37.5 Å². The minimum atomic E-state index is -0.384. The van der Waals surface area contributed by atoms with Gasteiger partial charge in [-0.1, -0.05) is 39.5 Å². The van der Waals surface area contributed by atoms with Crippen LogP contribution in [0.5, 0.6) is 0 Å². The first-order valence-corrected chi connectivity index (χ1v) is 7.55. The number of hydrogen-bond donors (Lipinski definition) is 2. The minimum Gasteiger partial charge on any atom is -0.389 e. The largest absolute Gasteiger partial charge is 0.389 e. The van der Waals surface area contributed by atoms with Crippen molar-refractivity contribution in [1.29, 1.82) is 0 Å². The van der Waals surface area contributed by atoms with E-state index in [2.05, 4.69) is 19.2 Å². The van der Waals surface area contributed by atoms with E-state index in [-0.39, 0.29) is 5.60 Å². The molecular formula is C15H29NO. The highest BCUT2D eigenvalue weighted by molar-refractivity contribution is 4.89. The van der Waals surface area contributed by atoms with Gasteiger partial charge in [0.1, 0.15) is 0 Å². The van der Waals surface area contributed by atoms with Gasteiger partial charge in [0.05, 0.1) is 5.60 Å². The van der Waals surface area contributed by atoms with E-state index in [0.717, 1.165) is 31.2 Å². The summed E-state index contributed by atoms with van der Waals surface area (Å²) >= 11 is 0. The Balaban J connectivity index is 1.75. The molecule has 0 aromatic carbocycles. The molecule has 0 bridgehead atoms. The molecule has 0 spiro atoms. The molecule has 0 radical (unpaired) electrons. The van der Waals surface area contributed by atoms with Crippen LogP contribution in [0.3, 0.4) is 0 Å². The average molecular weight is 239 g/mol. The third-order valence-electron chi connectivity index (χ3n) is 4.91. The Hall–Kier alpha value is -0.0800. The summed E-state index contributed by atoms with van der Waals surface area (Å²) in [7, 11) is 0. The van der Waals surface area contributed by atoms with Gasteiger partial charge in [-0.2, -0.15) is 0 Å². The third kappa shape index (κ3) is 3.69. The fraction of sp³-hybridized carbons (Fsp3) is 1.00. The van der Waals surface area contributed by atoms with Gasteiger partial charge in [-0.25, -0.2) is 0 Å². The molecule has 0 aromatic rings. The fourth-order valence-electron chi connectivity index (χ4n) is 3.56. The van der Waals surface area contributed by atoms with Crippen molar-refractivity contribution in [2.24, 2.45) is 11.8 Å². The lowest BCUT2D eigenvalue weighted by Crippen LogP contribution is -2.44. The number of rotatable bonds is 4. The van der Waals surface area contributed by atoms with Crippen molar-refractivity contribution >= 4 is 0 Å². The summed E-state index contributed by atoms with van der Waals surface area (Å²) < 4.78 is 0. The molecule has 0 amide bonds. The average Bonchev–Trinajstić information content (AvgIpc) is 2.75. The van der Waals surface area contributed by atoms with Crippen molar-refractivity contribution in [3.63, 3.8) is 0 Å². The van der Waals surface area contributed by atoms with Gasteiger partial charge in [-0.3, -0.25) is 0 Å². The number of nitrogens with one attached hydrogen (secondary N) is 1. The molecular weight excluding hydrogens is 210 g/mol. The Morgan fingerprint density at radius 3 is 2.53 bits per heavy atom. The van der Waals surface area contributed by atoms with E-state index >= 15 is 0 Å². The van der Waals surface area contributed by atoms with Crippen LogP contribution in [-0.2, 0) is 0 Å². The second-order valence-corrected chi connectivity index (χ2v) is 6.68. The van der Waals surface area contributed by atoms with Gasteiger partial charge in [-0.15, -0.1) is 0 Å². The van der Waals surface area contributed by atoms with Gasteiger partial charge in [0, 0.05) is 12.6 Å². The van der Waals surface area contributed by atoms with E-state index in [1.807, 2.05) is 0 Å². The molecule has 2 aliphatic carbocycles. The Labute approximate surface area is 106 Å². The standard InChI is InChI=1S/C15H29NO/c1-12(2)13-6-5-7-14(10-13)16-11-15(17)8-3-4-9-15/h12-14,16-17H,3-11H2,1-2H3. The van der Waals surface area contributed by atoms with Gasteiger partial charge in [0.2, 0.25) is 0 Å². The van der Waals surface area contributed by atoms with E-state index < -0.39 is 0 Å². The van der Waals surface area contributed by atoms with Crippen LogP contribution in [0.2, 0.25) is 0 Å². The SMILES string of the molecule is CC(C)C1CCCC(NCC2(O)CCCC2)C1. The molecule has 2 fully saturated rings. The summed E-state index contributed by atoms with van der Waals surface area (Å²) in [6.07, 6.45) is 9.79. The van der Waals surface area contributed by atoms with Crippen LogP contribution in [-0.4, -0.2) is 23.3 Å². The van der Waals surface area contributed by atoms with E-state index in [1.54, 1.807) is 0 Å². The molecule has 0 aromatic heterocycles. The van der Waals surface area contributed by atoms with Crippen LogP contribution in [0.1, 0.15) is 65.2 Å². The summed E-state index contributed by atoms with van der Waals surface area (Å²) in [6, 6.07) is 0.653. The van der Waals surface area contributed by atoms with Crippen LogP contribution in [0.25, 0.3) is 0 Å². The monoisotopic (exact) mass is 239 g/mol. The Morgan fingerprint density at radius 2 is 1.88 bits per heavy atom. The lowest BCUT2D eigenvalue weighted by atomic mass is 9.79. The zero-order chi connectivity index (χ0) is 12.3. The molecule has 2 saturated carbocycles. The van der Waals surface area contributed by atoms with Crippen LogP contribution in [0, 0.1) is 11.8 Å². The molecule has 2 N–H and O–H groups in total. The van der Waals surface area contributed by atoms with E-state index in [1.165, 1.54) is 38.5 Å². The zero-order valence-corrected chi connectivity index (χ0v) is 11.5. The maximum atomic E-state index is 10.3. The van der Waals surface area contributed by atoms with Gasteiger partial charge >= 0.3 is 0 Å². The summed E-state index contributed by atoms with van der Waals surface area (Å²) in [5.41, 5.74) is -0.384. The van der Waals surface area contributed by atoms with Crippen molar-refractivity contribution in [3.8, 4) is 0 Å². The molecule has 17 heavy (non-hydrogen) atoms. The second-order valence-electron chi connectivity index (χ2n) is 6.68. The molecule has 0 heterocycles. The lowest BCUT2D eigenvalue weighted by molar-refractivity contribution is 0.0416. The van der Waals surface area contributed by atoms with Crippen molar-refractivity contribution in [3.05, 3.63) is 0 Å². The maximum absolute atomic E-state index is 10.3. The summed E-state index contributed by atoms with van der Waals surface area (Å²) in [4.78, 5) is 0. The predicted molar refractivity (Wildman–Crippen MR) is 72.0 cm³/mol. The molecule has 2 rings (SSSR count). The third-order valence-corrected chi connectivity index (χ3v) is 4.91. The molecule has 2 aliphatic rings. The second kappa shape index (κ2) is 5.71. The molecule has 2 nitrogen and oxygen atoms in total. The smallest absolute Gasteiger partial charge is 0.0771 e. The minimum absolute atomic E-state index is 0.384. The summed E-state index contributed by atoms with van der Waals surface area (Å²) in [5.74, 6) is 1.70. The normalized spacial score (nSPS) is 33.2. The van der Waals surface area contributed by atoms with Crippen LogP contribution in [0.4, 0.5) is 0 Å². The van der Waals surface area contributed by atoms with Crippen LogP contribution < -0.4 is 5.32 Å². The van der Waals surface area contributed by atoms with E-state index in [0.29, 0.717) is 6.04 Å². The number of hydrogen-bond acceptors (Lipinski definition) is 2. The Kier molecular flexibility index (Phi) is 4.48. The topological polar surface area (TPSA) is 32.3 Å². The molecule has 2 heteroatoms. The van der Waals surface area contributed by atoms with Crippen molar-refractivity contribution in [1.82, 2.24) is 5.32 Å². The van der Waals surface area contributed by atoms with E-state index in [9.17, 15) is 5.11 Å². The number of aliphatic hydroxyl groups is 1. The zero-order valence-electron chi connectivity index (χ0n) is 11.5. The van der Waals surface area contributed by atoms with Crippen molar-refractivity contribution < 1.29 is 5.11 Å². The van der Waals surface area contributed by atoms with E-state index in [4.69, 9.17) is 0 Å². The van der Waals surface area contributed by atoms with Crippen molar-refractivity contribution in [2.45, 2.75) is 76.9 Å². The first-order chi connectivity index (χ1) is 8.09. The quantitative estimate of drug-likeness (QED) is 0.790. The van der Waals surface area contributed by atoms with Gasteiger partial charge in [0.15, 0.2) is 0 Å². The molecule has 2 atom stereocenters. The molecule has 0 aliphatic heterocycles. The molecule has 0 saturated heterocycles. The highest BCUT2D eigenvalue weighted by Gasteiger charge is 2.32. The van der Waals surface area contributed by atoms with Crippen LogP contribution in [0.15, 0.2) is 0 Å². The predicted octanol–water partition coefficient (Wildman–Crippen LogP) is 3.10. The summed E-state index contributed by atoms with van der Waals surface area (Å²) in [5, 5.41) is 14.0. The fourth-order valence-corrected chi connectivity index (χ4v) is 3.56. The molecule has 2 unspecified atom stereocenters. The Morgan fingerprint density at radius 1 is 1.18 bits per heavy atom. The highest BCUT2D eigenvalue weighted by Crippen LogP contribution is 2.32. The van der Waals surface area contributed by atoms with Gasteiger partial charge in [0.25, 0.3) is 0 Å². The Bertz CT molecular complexity index is 233. The highest BCUT2D eigenvalue weighted by atomic mass is 16.3. The first-order valence-electron chi connectivity index (χ1n) is 7.55. The van der Waals surface area contributed by atoms with Gasteiger partial charge < -0.3 is 10.4 Å². The summed E-state index contributed by atoms with van der Waals surface area (Å²) in [6.45, 7) is 5.51. The molecule has 100 valence electrons. The van der Waals surface area contributed by atoms with Crippen molar-refractivity contribution in [2.75, 3.05) is 6.54 Å². The maximum Gasteiger partial charge on any atom is 0.0771 e.